The molecule has 1 aromatic carbocycles. The predicted molar refractivity (Wildman–Crippen MR) is 108 cm³/mol. The topological polar surface area (TPSA) is 48.9 Å². The van der Waals surface area contributed by atoms with Gasteiger partial charge in [-0.3, -0.25) is 4.99 Å². The molecule has 0 bridgehead atoms. The molecular formula is C21H34N4O. The number of nitrogens with one attached hydrogen (secondary N) is 2. The second kappa shape index (κ2) is 9.81. The van der Waals surface area contributed by atoms with Crippen molar-refractivity contribution in [3.63, 3.8) is 0 Å². The van der Waals surface area contributed by atoms with E-state index in [2.05, 4.69) is 45.8 Å². The summed E-state index contributed by atoms with van der Waals surface area (Å²) in [5.74, 6) is 2.60. The van der Waals surface area contributed by atoms with Crippen LogP contribution in [-0.2, 0) is 6.54 Å². The highest BCUT2D eigenvalue weighted by Crippen LogP contribution is 2.30. The van der Waals surface area contributed by atoms with Crippen LogP contribution in [0, 0.1) is 5.92 Å². The van der Waals surface area contributed by atoms with E-state index in [1.165, 1.54) is 44.1 Å². The van der Waals surface area contributed by atoms with Gasteiger partial charge in [0.2, 0.25) is 0 Å². The number of nitrogens with zero attached hydrogens (tertiary/aromatic N) is 2. The Morgan fingerprint density at radius 1 is 1.15 bits per heavy atom. The maximum absolute atomic E-state index is 5.99. The number of ether oxygens (including phenoxy) is 1. The van der Waals surface area contributed by atoms with Gasteiger partial charge in [-0.1, -0.05) is 31.0 Å². The first kappa shape index (κ1) is 19.0. The summed E-state index contributed by atoms with van der Waals surface area (Å²) in [7, 11) is 4.06. The van der Waals surface area contributed by atoms with E-state index in [1.54, 1.807) is 0 Å². The lowest BCUT2D eigenvalue weighted by Crippen LogP contribution is -2.42. The van der Waals surface area contributed by atoms with Gasteiger partial charge in [0.05, 0.1) is 6.61 Å². The molecule has 5 nitrogen and oxygen atoms in total. The predicted octanol–water partition coefficient (Wildman–Crippen LogP) is 3.01. The molecule has 5 heteroatoms. The number of likely N-dealkylation sites (N-methyl/N-ethyl adjacent to an activating group) is 1. The maximum atomic E-state index is 5.99. The van der Waals surface area contributed by atoms with Gasteiger partial charge in [0.1, 0.15) is 5.75 Å². The second-order valence-electron chi connectivity index (χ2n) is 7.63. The summed E-state index contributed by atoms with van der Waals surface area (Å²) in [5.41, 5.74) is 1.18. The normalized spacial score (nSPS) is 18.3. The maximum Gasteiger partial charge on any atom is 0.191 e. The summed E-state index contributed by atoms with van der Waals surface area (Å²) < 4.78 is 5.99. The minimum Gasteiger partial charge on any atom is -0.493 e. The molecule has 0 amide bonds. The third kappa shape index (κ3) is 5.90. The Balaban J connectivity index is 1.40. The summed E-state index contributed by atoms with van der Waals surface area (Å²) in [4.78, 5) is 6.83. The fourth-order valence-electron chi connectivity index (χ4n) is 3.56. The van der Waals surface area contributed by atoms with Crippen molar-refractivity contribution in [2.24, 2.45) is 10.9 Å². The molecule has 2 N–H and O–H groups in total. The largest absolute Gasteiger partial charge is 0.493 e. The SMILES string of the molecule is CN=C(NCCN(C)C1CCCC1)NCc1ccccc1OCC1CC1. The molecule has 0 spiro atoms. The molecule has 0 heterocycles. The molecule has 1 aromatic rings. The molecule has 2 aliphatic carbocycles. The van der Waals surface area contributed by atoms with Gasteiger partial charge in [0.15, 0.2) is 5.96 Å². The molecule has 0 radical (unpaired) electrons. The van der Waals surface area contributed by atoms with E-state index >= 15 is 0 Å². The summed E-state index contributed by atoms with van der Waals surface area (Å²) in [6.07, 6.45) is 8.09. The van der Waals surface area contributed by atoms with Crippen LogP contribution < -0.4 is 15.4 Å². The molecule has 26 heavy (non-hydrogen) atoms. The van der Waals surface area contributed by atoms with Crippen molar-refractivity contribution < 1.29 is 4.74 Å². The first-order valence-corrected chi connectivity index (χ1v) is 10.1. The highest BCUT2D eigenvalue weighted by molar-refractivity contribution is 5.79. The van der Waals surface area contributed by atoms with Crippen LogP contribution in [0.1, 0.15) is 44.1 Å². The Labute approximate surface area is 158 Å². The van der Waals surface area contributed by atoms with Gasteiger partial charge in [-0.15, -0.1) is 0 Å². The minimum atomic E-state index is 0.721. The number of rotatable bonds is 9. The number of guanidine groups is 1. The van der Waals surface area contributed by atoms with Crippen LogP contribution in [0.25, 0.3) is 0 Å². The van der Waals surface area contributed by atoms with Crippen LogP contribution in [0.15, 0.2) is 29.3 Å². The molecule has 144 valence electrons. The van der Waals surface area contributed by atoms with Crippen LogP contribution in [0.4, 0.5) is 0 Å². The minimum absolute atomic E-state index is 0.721. The highest BCUT2D eigenvalue weighted by Gasteiger charge is 2.22. The van der Waals surface area contributed by atoms with Crippen LogP contribution in [0.3, 0.4) is 0 Å². The summed E-state index contributed by atoms with van der Waals surface area (Å²) >= 11 is 0. The molecule has 2 fully saturated rings. The Morgan fingerprint density at radius 2 is 1.92 bits per heavy atom. The van der Waals surface area contributed by atoms with E-state index in [0.29, 0.717) is 0 Å². The molecule has 3 rings (SSSR count). The smallest absolute Gasteiger partial charge is 0.191 e. The molecule has 0 aliphatic heterocycles. The van der Waals surface area contributed by atoms with Crippen LogP contribution in [0.2, 0.25) is 0 Å². The first-order valence-electron chi connectivity index (χ1n) is 10.1. The Kier molecular flexibility index (Phi) is 7.18. The number of hydrogen-bond donors (Lipinski definition) is 2. The molecule has 0 unspecified atom stereocenters. The van der Waals surface area contributed by atoms with E-state index < -0.39 is 0 Å². The van der Waals surface area contributed by atoms with E-state index in [0.717, 1.165) is 49.9 Å². The van der Waals surface area contributed by atoms with Crippen LogP contribution in [0.5, 0.6) is 5.75 Å². The Bertz CT molecular complexity index is 579. The highest BCUT2D eigenvalue weighted by atomic mass is 16.5. The molecular weight excluding hydrogens is 324 g/mol. The van der Waals surface area contributed by atoms with Gasteiger partial charge in [0, 0.05) is 38.3 Å². The van der Waals surface area contributed by atoms with Gasteiger partial charge in [0.25, 0.3) is 0 Å². The monoisotopic (exact) mass is 358 g/mol. The van der Waals surface area contributed by atoms with Crippen molar-refractivity contribution in [2.45, 2.75) is 51.1 Å². The zero-order valence-corrected chi connectivity index (χ0v) is 16.3. The molecule has 0 saturated heterocycles. The zero-order valence-electron chi connectivity index (χ0n) is 16.3. The van der Waals surface area contributed by atoms with Crippen LogP contribution >= 0.6 is 0 Å². The first-order chi connectivity index (χ1) is 12.8. The second-order valence-corrected chi connectivity index (χ2v) is 7.63. The van der Waals surface area contributed by atoms with Gasteiger partial charge < -0.3 is 20.3 Å². The number of benzene rings is 1. The van der Waals surface area contributed by atoms with E-state index in [9.17, 15) is 0 Å². The van der Waals surface area contributed by atoms with Gasteiger partial charge in [-0.05, 0) is 44.7 Å². The third-order valence-corrected chi connectivity index (χ3v) is 5.52. The van der Waals surface area contributed by atoms with Crippen molar-refractivity contribution in [3.05, 3.63) is 29.8 Å². The average Bonchev–Trinajstić information content (AvgIpc) is 3.33. The summed E-state index contributed by atoms with van der Waals surface area (Å²) in [5, 5.41) is 6.84. The summed E-state index contributed by atoms with van der Waals surface area (Å²) in [6.45, 7) is 3.52. The lowest BCUT2D eigenvalue weighted by atomic mass is 10.2. The van der Waals surface area contributed by atoms with Gasteiger partial charge >= 0.3 is 0 Å². The number of aliphatic imine (C=N–C) groups is 1. The zero-order chi connectivity index (χ0) is 18.2. The Hall–Kier alpha value is -1.75. The lowest BCUT2D eigenvalue weighted by Gasteiger charge is -2.24. The molecule has 2 aliphatic rings. The fraction of sp³-hybridized carbons (Fsp3) is 0.667. The summed E-state index contributed by atoms with van der Waals surface area (Å²) in [6, 6.07) is 9.05. The van der Waals surface area contributed by atoms with Crippen molar-refractivity contribution in [1.29, 1.82) is 0 Å². The van der Waals surface area contributed by atoms with Crippen LogP contribution in [-0.4, -0.2) is 50.7 Å². The lowest BCUT2D eigenvalue weighted by molar-refractivity contribution is 0.249. The quantitative estimate of drug-likeness (QED) is 0.526. The standard InChI is InChI=1S/C21H34N4O/c1-22-21(23-13-14-25(2)19-8-4-5-9-19)24-15-18-7-3-6-10-20(18)26-16-17-11-12-17/h3,6-7,10,17,19H,4-5,8-9,11-16H2,1-2H3,(H2,22,23,24). The Morgan fingerprint density at radius 3 is 2.65 bits per heavy atom. The van der Waals surface area contributed by atoms with Crippen molar-refractivity contribution in [2.75, 3.05) is 33.8 Å². The number of hydrogen-bond acceptors (Lipinski definition) is 3. The van der Waals surface area contributed by atoms with E-state index in [4.69, 9.17) is 4.74 Å². The average molecular weight is 359 g/mol. The van der Waals surface area contributed by atoms with E-state index in [1.807, 2.05) is 13.1 Å². The van der Waals surface area contributed by atoms with Crippen molar-refractivity contribution in [1.82, 2.24) is 15.5 Å². The van der Waals surface area contributed by atoms with Gasteiger partial charge in [-0.25, -0.2) is 0 Å². The fourth-order valence-corrected chi connectivity index (χ4v) is 3.56. The molecule has 0 aromatic heterocycles. The number of para-hydroxylation sites is 1. The van der Waals surface area contributed by atoms with Gasteiger partial charge in [-0.2, -0.15) is 0 Å². The van der Waals surface area contributed by atoms with E-state index in [-0.39, 0.29) is 0 Å². The van der Waals surface area contributed by atoms with Crippen molar-refractivity contribution in [3.8, 4) is 5.75 Å². The molecule has 2 saturated carbocycles. The molecule has 0 atom stereocenters. The van der Waals surface area contributed by atoms with Crippen molar-refractivity contribution >= 4 is 5.96 Å². The third-order valence-electron chi connectivity index (χ3n) is 5.52.